The minimum atomic E-state index is -0.966. The van der Waals surface area contributed by atoms with E-state index in [9.17, 15) is 24.5 Å². The summed E-state index contributed by atoms with van der Waals surface area (Å²) in [5.41, 5.74) is -0.679. The third kappa shape index (κ3) is 5.45. The van der Waals surface area contributed by atoms with Crippen molar-refractivity contribution >= 4 is 46.9 Å². The molecule has 2 rings (SSSR count). The van der Waals surface area contributed by atoms with Gasteiger partial charge in [0.1, 0.15) is 11.3 Å². The quantitative estimate of drug-likeness (QED) is 0.117. The Morgan fingerprint density at radius 1 is 1.41 bits per heavy atom. The highest BCUT2D eigenvalue weighted by molar-refractivity contribution is 7.80. The van der Waals surface area contributed by atoms with Gasteiger partial charge in [0.2, 0.25) is 0 Å². The molecule has 1 aliphatic rings. The maximum absolute atomic E-state index is 12.6. The van der Waals surface area contributed by atoms with Gasteiger partial charge in [0, 0.05) is 19.0 Å². The van der Waals surface area contributed by atoms with Crippen LogP contribution in [0.5, 0.6) is 5.75 Å². The predicted octanol–water partition coefficient (Wildman–Crippen LogP) is 1.65. The number of carbonyl (C=O) groups is 3. The van der Waals surface area contributed by atoms with Gasteiger partial charge < -0.3 is 9.84 Å². The summed E-state index contributed by atoms with van der Waals surface area (Å²) >= 11 is 4.96. The Bertz CT molecular complexity index is 926. The fraction of sp³-hybridized carbons (Fsp3) is 0.222. The number of nitro groups is 1. The molecule has 0 radical (unpaired) electrons. The Kier molecular flexibility index (Phi) is 7.15. The molecule has 1 aliphatic heterocycles. The van der Waals surface area contributed by atoms with Crippen molar-refractivity contribution in [3.8, 4) is 5.75 Å². The lowest BCUT2D eigenvalue weighted by atomic mass is 10.1. The third-order valence-corrected chi connectivity index (χ3v) is 4.12. The highest BCUT2D eigenvalue weighted by Crippen LogP contribution is 2.27. The summed E-state index contributed by atoms with van der Waals surface area (Å²) in [5, 5.41) is 22.2. The first kappa shape index (κ1) is 21.7. The second kappa shape index (κ2) is 9.55. The van der Waals surface area contributed by atoms with Gasteiger partial charge in [0.15, 0.2) is 5.11 Å². The lowest BCUT2D eigenvalue weighted by Gasteiger charge is -2.27. The minimum absolute atomic E-state index is 0.0180. The predicted molar refractivity (Wildman–Crippen MR) is 106 cm³/mol. The molecule has 1 fully saturated rings. The Morgan fingerprint density at radius 2 is 2.14 bits per heavy atom. The smallest absolute Gasteiger partial charge is 0.303 e. The first-order valence-electron chi connectivity index (χ1n) is 8.37. The molecule has 2 N–H and O–H groups in total. The van der Waals surface area contributed by atoms with Crippen molar-refractivity contribution in [2.24, 2.45) is 0 Å². The van der Waals surface area contributed by atoms with Crippen molar-refractivity contribution in [2.75, 3.05) is 13.2 Å². The Balaban J connectivity index is 2.35. The SMILES string of the molecule is C=CCN1C(=O)/C(=C/c2cc(OCCCC(=O)O)ccc2[N+](=O)[O-])C(=O)NC1=S. The molecule has 0 spiro atoms. The summed E-state index contributed by atoms with van der Waals surface area (Å²) < 4.78 is 5.41. The molecule has 0 aromatic heterocycles. The van der Waals surface area contributed by atoms with Crippen molar-refractivity contribution in [3.63, 3.8) is 0 Å². The number of ether oxygens (including phenoxy) is 1. The molecule has 0 aliphatic carbocycles. The van der Waals surface area contributed by atoms with E-state index in [1.165, 1.54) is 24.3 Å². The number of carbonyl (C=O) groups excluding carboxylic acids is 2. The lowest BCUT2D eigenvalue weighted by molar-refractivity contribution is -0.385. The van der Waals surface area contributed by atoms with Crippen LogP contribution in [0.25, 0.3) is 6.08 Å². The van der Waals surface area contributed by atoms with Gasteiger partial charge in [-0.05, 0) is 36.8 Å². The van der Waals surface area contributed by atoms with E-state index in [4.69, 9.17) is 22.1 Å². The summed E-state index contributed by atoms with van der Waals surface area (Å²) in [7, 11) is 0. The van der Waals surface area contributed by atoms with Crippen molar-refractivity contribution in [3.05, 3.63) is 52.1 Å². The van der Waals surface area contributed by atoms with Crippen molar-refractivity contribution in [1.82, 2.24) is 10.2 Å². The molecule has 0 bridgehead atoms. The van der Waals surface area contributed by atoms with Crippen LogP contribution in [0.4, 0.5) is 5.69 Å². The topological polar surface area (TPSA) is 139 Å². The number of aliphatic carboxylic acids is 1. The third-order valence-electron chi connectivity index (χ3n) is 3.80. The lowest BCUT2D eigenvalue weighted by Crippen LogP contribution is -2.53. The number of hydrogen-bond acceptors (Lipinski definition) is 7. The zero-order valence-electron chi connectivity index (χ0n) is 15.1. The van der Waals surface area contributed by atoms with Gasteiger partial charge in [-0.1, -0.05) is 6.08 Å². The fourth-order valence-corrected chi connectivity index (χ4v) is 2.71. The number of carboxylic acids is 1. The summed E-state index contributed by atoms with van der Waals surface area (Å²) in [6.45, 7) is 3.66. The monoisotopic (exact) mass is 419 g/mol. The van der Waals surface area contributed by atoms with E-state index < -0.39 is 22.7 Å². The maximum atomic E-state index is 12.6. The van der Waals surface area contributed by atoms with Crippen LogP contribution in [0, 0.1) is 10.1 Å². The fourth-order valence-electron chi connectivity index (χ4n) is 2.46. The van der Waals surface area contributed by atoms with Crippen LogP contribution < -0.4 is 10.1 Å². The highest BCUT2D eigenvalue weighted by atomic mass is 32.1. The first-order chi connectivity index (χ1) is 13.7. The number of rotatable bonds is 9. The summed E-state index contributed by atoms with van der Waals surface area (Å²) in [5.74, 6) is -2.22. The largest absolute Gasteiger partial charge is 0.494 e. The second-order valence-electron chi connectivity index (χ2n) is 5.85. The molecule has 2 amide bonds. The molecule has 0 unspecified atom stereocenters. The van der Waals surface area contributed by atoms with Gasteiger partial charge in [-0.2, -0.15) is 0 Å². The standard InChI is InChI=1S/C18H17N3O7S/c1-2-7-20-17(25)13(16(24)19-18(20)29)10-11-9-12(5-6-14(11)21(26)27)28-8-3-4-15(22)23/h2,5-6,9-10H,1,3-4,7-8H2,(H,22,23)(H,19,24,29)/b13-10+. The number of thiocarbonyl (C=S) groups is 1. The van der Waals surface area contributed by atoms with E-state index in [1.807, 2.05) is 0 Å². The number of amides is 2. The van der Waals surface area contributed by atoms with E-state index in [-0.39, 0.29) is 53.7 Å². The molecule has 0 saturated carbocycles. The number of hydrogen-bond donors (Lipinski definition) is 2. The van der Waals surface area contributed by atoms with Crippen LogP contribution in [0.15, 0.2) is 36.4 Å². The van der Waals surface area contributed by atoms with Crippen molar-refractivity contribution in [2.45, 2.75) is 12.8 Å². The average molecular weight is 419 g/mol. The van der Waals surface area contributed by atoms with E-state index in [2.05, 4.69) is 11.9 Å². The first-order valence-corrected chi connectivity index (χ1v) is 8.78. The van der Waals surface area contributed by atoms with E-state index in [1.54, 1.807) is 0 Å². The zero-order chi connectivity index (χ0) is 21.6. The molecule has 152 valence electrons. The molecular formula is C18H17N3O7S. The maximum Gasteiger partial charge on any atom is 0.303 e. The number of nitro benzene ring substituents is 1. The Morgan fingerprint density at radius 3 is 2.76 bits per heavy atom. The number of nitrogens with zero attached hydrogens (tertiary/aromatic N) is 2. The van der Waals surface area contributed by atoms with Gasteiger partial charge in [-0.25, -0.2) is 0 Å². The van der Waals surface area contributed by atoms with Crippen LogP contribution >= 0.6 is 12.2 Å². The van der Waals surface area contributed by atoms with Crippen LogP contribution in [0.1, 0.15) is 18.4 Å². The van der Waals surface area contributed by atoms with Crippen LogP contribution in [-0.4, -0.2) is 51.0 Å². The second-order valence-corrected chi connectivity index (χ2v) is 6.23. The summed E-state index contributed by atoms with van der Waals surface area (Å²) in [6.07, 6.45) is 2.68. The van der Waals surface area contributed by atoms with Crippen LogP contribution in [0.2, 0.25) is 0 Å². The minimum Gasteiger partial charge on any atom is -0.494 e. The Hall–Kier alpha value is -3.60. The number of nitrogens with one attached hydrogen (secondary N) is 1. The van der Waals surface area contributed by atoms with Crippen molar-refractivity contribution < 1.29 is 29.2 Å². The van der Waals surface area contributed by atoms with E-state index in [0.29, 0.717) is 0 Å². The molecule has 1 heterocycles. The van der Waals surface area contributed by atoms with Gasteiger partial charge in [0.25, 0.3) is 17.5 Å². The molecule has 10 nitrogen and oxygen atoms in total. The molecule has 1 aromatic rings. The van der Waals surface area contributed by atoms with Crippen molar-refractivity contribution in [1.29, 1.82) is 0 Å². The highest BCUT2D eigenvalue weighted by Gasteiger charge is 2.33. The van der Waals surface area contributed by atoms with Crippen LogP contribution in [0.3, 0.4) is 0 Å². The molecule has 11 heteroatoms. The average Bonchev–Trinajstić information content (AvgIpc) is 2.65. The normalized spacial score (nSPS) is 15.2. The van der Waals surface area contributed by atoms with E-state index in [0.717, 1.165) is 11.0 Å². The van der Waals surface area contributed by atoms with Gasteiger partial charge in [-0.3, -0.25) is 34.7 Å². The number of benzene rings is 1. The van der Waals surface area contributed by atoms with Gasteiger partial charge >= 0.3 is 5.97 Å². The molecule has 1 saturated heterocycles. The van der Waals surface area contributed by atoms with Crippen LogP contribution in [-0.2, 0) is 14.4 Å². The zero-order valence-corrected chi connectivity index (χ0v) is 15.9. The molecule has 29 heavy (non-hydrogen) atoms. The summed E-state index contributed by atoms with van der Waals surface area (Å²) in [4.78, 5) is 47.1. The molecule has 0 atom stereocenters. The van der Waals surface area contributed by atoms with Gasteiger partial charge in [-0.15, -0.1) is 6.58 Å². The Labute approximate surface area is 170 Å². The molecule has 1 aromatic carbocycles. The summed E-state index contributed by atoms with van der Waals surface area (Å²) in [6, 6.07) is 3.83. The van der Waals surface area contributed by atoms with E-state index >= 15 is 0 Å². The van der Waals surface area contributed by atoms with Gasteiger partial charge in [0.05, 0.1) is 17.1 Å². The number of carboxylic acid groups (broad SMARTS) is 1. The molecular weight excluding hydrogens is 402 g/mol.